The molecule has 0 aromatic heterocycles. The van der Waals surface area contributed by atoms with Crippen molar-refractivity contribution in [3.05, 3.63) is 0 Å². The molecular weight excluding hydrogens is 166 g/mol. The number of hydrogen-bond acceptors (Lipinski definition) is 2. The third kappa shape index (κ3) is 1.06. The molecule has 1 atom stereocenters. The number of carbonyl (C=O) groups excluding carboxylic acids is 1. The maximum Gasteiger partial charge on any atom is 0.410 e. The summed E-state index contributed by atoms with van der Waals surface area (Å²) in [6.45, 7) is 5.11. The van der Waals surface area contributed by atoms with Crippen LogP contribution in [0.3, 0.4) is 0 Å². The van der Waals surface area contributed by atoms with Gasteiger partial charge in [-0.3, -0.25) is 0 Å². The molecule has 0 radical (unpaired) electrons. The number of hydrogen-bond donors (Lipinski definition) is 0. The Hall–Kier alpha value is -0.730. The Labute approximate surface area is 79.0 Å². The zero-order valence-electron chi connectivity index (χ0n) is 8.38. The summed E-state index contributed by atoms with van der Waals surface area (Å²) in [5.74, 6) is 0. The van der Waals surface area contributed by atoms with Crippen molar-refractivity contribution < 1.29 is 9.53 Å². The Morgan fingerprint density at radius 2 is 2.23 bits per heavy atom. The molecule has 2 fully saturated rings. The fraction of sp³-hybridized carbons (Fsp3) is 0.900. The highest BCUT2D eigenvalue weighted by Crippen LogP contribution is 2.41. The number of cyclic esters (lactones) is 1. The van der Waals surface area contributed by atoms with Crippen molar-refractivity contribution in [3.63, 3.8) is 0 Å². The summed E-state index contributed by atoms with van der Waals surface area (Å²) in [5.41, 5.74) is -0.173. The van der Waals surface area contributed by atoms with Crippen LogP contribution in [0.4, 0.5) is 4.79 Å². The maximum absolute atomic E-state index is 11.5. The molecule has 1 unspecified atom stereocenters. The van der Waals surface area contributed by atoms with Gasteiger partial charge in [-0.25, -0.2) is 4.79 Å². The van der Waals surface area contributed by atoms with E-state index in [0.29, 0.717) is 6.04 Å². The van der Waals surface area contributed by atoms with Crippen molar-refractivity contribution in [2.24, 2.45) is 0 Å². The first-order chi connectivity index (χ1) is 6.23. The third-order valence-corrected chi connectivity index (χ3v) is 3.58. The van der Waals surface area contributed by atoms with Crippen molar-refractivity contribution in [2.45, 2.75) is 51.2 Å². The van der Waals surface area contributed by atoms with E-state index in [2.05, 4.69) is 13.8 Å². The van der Waals surface area contributed by atoms with E-state index in [1.165, 1.54) is 0 Å². The predicted octanol–water partition coefficient (Wildman–Crippen LogP) is 2.16. The fourth-order valence-electron chi connectivity index (χ4n) is 2.70. The number of nitrogens with zero attached hydrogens (tertiary/aromatic N) is 1. The summed E-state index contributed by atoms with van der Waals surface area (Å²) in [6, 6.07) is 0.356. The highest BCUT2D eigenvalue weighted by Gasteiger charge is 2.53. The number of ether oxygens (including phenoxy) is 1. The minimum atomic E-state index is -0.173. The quantitative estimate of drug-likeness (QED) is 0.656. The van der Waals surface area contributed by atoms with Crippen LogP contribution in [0.5, 0.6) is 0 Å². The van der Waals surface area contributed by atoms with Crippen LogP contribution in [0.15, 0.2) is 0 Å². The van der Waals surface area contributed by atoms with Crippen LogP contribution in [-0.4, -0.2) is 29.2 Å². The minimum absolute atomic E-state index is 0.0915. The van der Waals surface area contributed by atoms with Gasteiger partial charge >= 0.3 is 6.09 Å². The van der Waals surface area contributed by atoms with Crippen LogP contribution < -0.4 is 0 Å². The monoisotopic (exact) mass is 183 g/mol. The van der Waals surface area contributed by atoms with Gasteiger partial charge in [-0.2, -0.15) is 0 Å². The smallest absolute Gasteiger partial charge is 0.410 e. The predicted molar refractivity (Wildman–Crippen MR) is 49.5 cm³/mol. The van der Waals surface area contributed by atoms with Gasteiger partial charge in [0.2, 0.25) is 0 Å². The summed E-state index contributed by atoms with van der Waals surface area (Å²) >= 11 is 0. The number of carbonyl (C=O) groups is 1. The van der Waals surface area contributed by atoms with Crippen molar-refractivity contribution in [3.8, 4) is 0 Å². The zero-order valence-corrected chi connectivity index (χ0v) is 8.38. The minimum Gasteiger partial charge on any atom is -0.441 e. The topological polar surface area (TPSA) is 29.5 Å². The zero-order chi connectivity index (χ0) is 9.47. The van der Waals surface area contributed by atoms with Crippen LogP contribution in [0.25, 0.3) is 0 Å². The van der Waals surface area contributed by atoms with E-state index in [-0.39, 0.29) is 11.7 Å². The first kappa shape index (κ1) is 8.85. The largest absolute Gasteiger partial charge is 0.441 e. The molecule has 0 spiro atoms. The van der Waals surface area contributed by atoms with Gasteiger partial charge in [-0.1, -0.05) is 13.8 Å². The summed E-state index contributed by atoms with van der Waals surface area (Å²) in [7, 11) is 0. The molecule has 2 heterocycles. The summed E-state index contributed by atoms with van der Waals surface area (Å²) < 4.78 is 5.50. The second kappa shape index (κ2) is 2.89. The number of amides is 1. The van der Waals surface area contributed by atoms with Crippen LogP contribution in [0.2, 0.25) is 0 Å². The molecule has 13 heavy (non-hydrogen) atoms. The molecule has 0 saturated carbocycles. The molecule has 0 aromatic rings. The molecule has 2 aliphatic rings. The lowest BCUT2D eigenvalue weighted by Gasteiger charge is -2.29. The van der Waals surface area contributed by atoms with Crippen LogP contribution in [0.1, 0.15) is 39.5 Å². The van der Waals surface area contributed by atoms with Crippen molar-refractivity contribution >= 4 is 6.09 Å². The second-order valence-electron chi connectivity index (χ2n) is 3.99. The van der Waals surface area contributed by atoms with E-state index >= 15 is 0 Å². The molecule has 2 aliphatic heterocycles. The lowest BCUT2D eigenvalue weighted by atomic mass is 9.88. The van der Waals surface area contributed by atoms with Gasteiger partial charge < -0.3 is 9.64 Å². The second-order valence-corrected chi connectivity index (χ2v) is 3.99. The molecule has 0 bridgehead atoms. The molecule has 3 nitrogen and oxygen atoms in total. The van der Waals surface area contributed by atoms with E-state index < -0.39 is 0 Å². The fourth-order valence-corrected chi connectivity index (χ4v) is 2.70. The van der Waals surface area contributed by atoms with E-state index in [4.69, 9.17) is 4.74 Å². The maximum atomic E-state index is 11.5. The summed E-state index contributed by atoms with van der Waals surface area (Å²) in [4.78, 5) is 13.4. The SMILES string of the molecule is CCC1(CC)OC(=O)N2CCCC21. The van der Waals surface area contributed by atoms with Crippen LogP contribution in [-0.2, 0) is 4.74 Å². The average molecular weight is 183 g/mol. The van der Waals surface area contributed by atoms with E-state index in [0.717, 1.165) is 32.2 Å². The lowest BCUT2D eigenvalue weighted by molar-refractivity contribution is 0.0278. The first-order valence-corrected chi connectivity index (χ1v) is 5.23. The highest BCUT2D eigenvalue weighted by molar-refractivity contribution is 5.72. The Bertz CT molecular complexity index is 223. The van der Waals surface area contributed by atoms with Gasteiger partial charge in [0, 0.05) is 6.54 Å². The summed E-state index contributed by atoms with van der Waals surface area (Å²) in [5, 5.41) is 0. The molecular formula is C10H17NO2. The van der Waals surface area contributed by atoms with Gasteiger partial charge in [-0.05, 0) is 25.7 Å². The normalized spacial score (nSPS) is 30.5. The molecule has 2 rings (SSSR count). The number of rotatable bonds is 2. The Morgan fingerprint density at radius 3 is 2.85 bits per heavy atom. The standard InChI is InChI=1S/C10H17NO2/c1-3-10(4-2)8-6-5-7-11(8)9(12)13-10/h8H,3-7H2,1-2H3. The average Bonchev–Trinajstić information content (AvgIpc) is 2.69. The van der Waals surface area contributed by atoms with Crippen molar-refractivity contribution in [2.75, 3.05) is 6.54 Å². The first-order valence-electron chi connectivity index (χ1n) is 5.23. The molecule has 1 amide bonds. The lowest BCUT2D eigenvalue weighted by Crippen LogP contribution is -2.41. The molecule has 0 N–H and O–H groups in total. The van der Waals surface area contributed by atoms with Crippen molar-refractivity contribution in [1.82, 2.24) is 4.90 Å². The molecule has 3 heteroatoms. The number of fused-ring (bicyclic) bond motifs is 1. The van der Waals surface area contributed by atoms with Crippen molar-refractivity contribution in [1.29, 1.82) is 0 Å². The van der Waals surface area contributed by atoms with E-state index in [9.17, 15) is 4.79 Å². The van der Waals surface area contributed by atoms with Gasteiger partial charge in [0.25, 0.3) is 0 Å². The van der Waals surface area contributed by atoms with Gasteiger partial charge in [0.15, 0.2) is 0 Å². The Morgan fingerprint density at radius 1 is 1.54 bits per heavy atom. The van der Waals surface area contributed by atoms with Gasteiger partial charge in [0.05, 0.1) is 6.04 Å². The van der Waals surface area contributed by atoms with Crippen LogP contribution >= 0.6 is 0 Å². The van der Waals surface area contributed by atoms with Gasteiger partial charge in [-0.15, -0.1) is 0 Å². The molecule has 0 aromatic carbocycles. The molecule has 0 aliphatic carbocycles. The third-order valence-electron chi connectivity index (χ3n) is 3.58. The van der Waals surface area contributed by atoms with Gasteiger partial charge in [0.1, 0.15) is 5.60 Å². The summed E-state index contributed by atoms with van der Waals surface area (Å²) in [6.07, 6.45) is 4.05. The molecule has 74 valence electrons. The highest BCUT2D eigenvalue weighted by atomic mass is 16.6. The van der Waals surface area contributed by atoms with E-state index in [1.54, 1.807) is 0 Å². The van der Waals surface area contributed by atoms with E-state index in [1.807, 2.05) is 4.90 Å². The Balaban J connectivity index is 2.26. The molecule has 2 saturated heterocycles. The van der Waals surface area contributed by atoms with Crippen LogP contribution in [0, 0.1) is 0 Å². The Kier molecular flexibility index (Phi) is 1.97.